The highest BCUT2D eigenvalue weighted by Crippen LogP contribution is 2.34. The minimum atomic E-state index is -0.329. The van der Waals surface area contributed by atoms with Gasteiger partial charge in [0, 0.05) is 17.0 Å². The van der Waals surface area contributed by atoms with Crippen molar-refractivity contribution in [3.63, 3.8) is 0 Å². The molecule has 0 saturated carbocycles. The summed E-state index contributed by atoms with van der Waals surface area (Å²) < 4.78 is 7.42. The Hall–Kier alpha value is -3.21. The molecule has 0 saturated heterocycles. The molecule has 2 aromatic carbocycles. The Morgan fingerprint density at radius 2 is 1.85 bits per heavy atom. The molecular formula is C22H19N3O2. The standard InChI is InChI=1S/C22H19N3O2/c26-21-11-10-17-12-16-8-4-5-9-19-22(18(16)13-20(17)27-21)25(24-23-19)14-15-6-2-1-3-7-15/h1-3,6-7,10-13H,4-5,8-9,14H2. The van der Waals surface area contributed by atoms with Crippen LogP contribution in [0, 0.1) is 0 Å². The van der Waals surface area contributed by atoms with Crippen molar-refractivity contribution in [3.05, 3.63) is 81.8 Å². The van der Waals surface area contributed by atoms with Gasteiger partial charge in [0.05, 0.1) is 17.9 Å². The van der Waals surface area contributed by atoms with E-state index < -0.39 is 0 Å². The molecule has 0 fully saturated rings. The van der Waals surface area contributed by atoms with Gasteiger partial charge < -0.3 is 4.42 Å². The lowest BCUT2D eigenvalue weighted by atomic mass is 9.92. The van der Waals surface area contributed by atoms with Gasteiger partial charge in [0.1, 0.15) is 5.58 Å². The van der Waals surface area contributed by atoms with E-state index in [2.05, 4.69) is 28.5 Å². The first-order valence-corrected chi connectivity index (χ1v) is 9.31. The van der Waals surface area contributed by atoms with Crippen molar-refractivity contribution in [1.29, 1.82) is 0 Å². The van der Waals surface area contributed by atoms with Gasteiger partial charge in [-0.2, -0.15) is 0 Å². The molecule has 1 aliphatic rings. The molecule has 2 aromatic heterocycles. The zero-order valence-electron chi connectivity index (χ0n) is 14.9. The molecule has 0 unspecified atom stereocenters. The largest absolute Gasteiger partial charge is 0.423 e. The Balaban J connectivity index is 1.71. The maximum Gasteiger partial charge on any atom is 0.336 e. The second-order valence-corrected chi connectivity index (χ2v) is 7.04. The lowest BCUT2D eigenvalue weighted by molar-refractivity contribution is 0.561. The Kier molecular flexibility index (Phi) is 3.85. The van der Waals surface area contributed by atoms with E-state index in [-0.39, 0.29) is 5.63 Å². The maximum atomic E-state index is 11.7. The summed E-state index contributed by atoms with van der Waals surface area (Å²) in [6.45, 7) is 0.666. The Morgan fingerprint density at radius 1 is 1.00 bits per heavy atom. The first-order chi connectivity index (χ1) is 13.3. The van der Waals surface area contributed by atoms with Crippen molar-refractivity contribution in [3.8, 4) is 11.3 Å². The van der Waals surface area contributed by atoms with E-state index in [4.69, 9.17) is 4.42 Å². The number of nitrogens with zero attached hydrogens (tertiary/aromatic N) is 3. The van der Waals surface area contributed by atoms with Crippen molar-refractivity contribution >= 4 is 11.0 Å². The van der Waals surface area contributed by atoms with Crippen LogP contribution in [0.25, 0.3) is 22.2 Å². The van der Waals surface area contributed by atoms with Crippen LogP contribution in [-0.2, 0) is 19.4 Å². The molecule has 5 heteroatoms. The number of hydrogen-bond donors (Lipinski definition) is 0. The van der Waals surface area contributed by atoms with Crippen LogP contribution in [0.1, 0.15) is 29.7 Å². The molecule has 0 spiro atoms. The van der Waals surface area contributed by atoms with Crippen molar-refractivity contribution in [2.45, 2.75) is 32.2 Å². The molecule has 5 nitrogen and oxygen atoms in total. The number of aryl methyl sites for hydroxylation is 2. The third-order valence-electron chi connectivity index (χ3n) is 5.19. The zero-order valence-corrected chi connectivity index (χ0v) is 14.9. The fourth-order valence-corrected chi connectivity index (χ4v) is 3.88. The minimum Gasteiger partial charge on any atom is -0.423 e. The van der Waals surface area contributed by atoms with Gasteiger partial charge in [-0.15, -0.1) is 5.10 Å². The minimum absolute atomic E-state index is 0.329. The highest BCUT2D eigenvalue weighted by atomic mass is 16.4. The fourth-order valence-electron chi connectivity index (χ4n) is 3.88. The predicted molar refractivity (Wildman–Crippen MR) is 104 cm³/mol. The summed E-state index contributed by atoms with van der Waals surface area (Å²) in [4.78, 5) is 11.7. The summed E-state index contributed by atoms with van der Waals surface area (Å²) >= 11 is 0. The normalized spacial score (nSPS) is 13.6. The molecule has 134 valence electrons. The van der Waals surface area contributed by atoms with Crippen molar-refractivity contribution in [2.24, 2.45) is 0 Å². The third kappa shape index (κ3) is 2.95. The average molecular weight is 357 g/mol. The molecule has 5 rings (SSSR count). The highest BCUT2D eigenvalue weighted by Gasteiger charge is 2.21. The predicted octanol–water partition coefficient (Wildman–Crippen LogP) is 3.98. The first kappa shape index (κ1) is 16.0. The molecule has 0 bridgehead atoms. The number of hydrogen-bond acceptors (Lipinski definition) is 4. The second kappa shape index (κ2) is 6.50. The van der Waals surface area contributed by atoms with Gasteiger partial charge in [0.15, 0.2) is 0 Å². The molecule has 2 heterocycles. The van der Waals surface area contributed by atoms with Gasteiger partial charge in [-0.3, -0.25) is 0 Å². The first-order valence-electron chi connectivity index (χ1n) is 9.31. The quantitative estimate of drug-likeness (QED) is 0.509. The Bertz CT molecular complexity index is 1180. The topological polar surface area (TPSA) is 60.9 Å². The lowest BCUT2D eigenvalue weighted by Gasteiger charge is -2.16. The summed E-state index contributed by atoms with van der Waals surface area (Å²) in [5.41, 5.74) is 5.86. The van der Waals surface area contributed by atoms with E-state index in [1.807, 2.05) is 35.0 Å². The van der Waals surface area contributed by atoms with E-state index in [9.17, 15) is 4.79 Å². The van der Waals surface area contributed by atoms with E-state index in [0.717, 1.165) is 48.0 Å². The fraction of sp³-hybridized carbons (Fsp3) is 0.227. The molecule has 27 heavy (non-hydrogen) atoms. The van der Waals surface area contributed by atoms with Crippen molar-refractivity contribution in [1.82, 2.24) is 15.0 Å². The number of aromatic nitrogens is 3. The van der Waals surface area contributed by atoms with E-state index in [0.29, 0.717) is 12.1 Å². The third-order valence-corrected chi connectivity index (χ3v) is 5.19. The summed E-state index contributed by atoms with van der Waals surface area (Å²) in [6.07, 6.45) is 4.12. The van der Waals surface area contributed by atoms with Crippen molar-refractivity contribution < 1.29 is 4.42 Å². The van der Waals surface area contributed by atoms with E-state index in [1.165, 1.54) is 17.2 Å². The van der Waals surface area contributed by atoms with Gasteiger partial charge >= 0.3 is 5.63 Å². The van der Waals surface area contributed by atoms with Gasteiger partial charge in [-0.1, -0.05) is 35.5 Å². The highest BCUT2D eigenvalue weighted by molar-refractivity contribution is 5.84. The molecular weight excluding hydrogens is 338 g/mol. The van der Waals surface area contributed by atoms with Crippen LogP contribution < -0.4 is 5.63 Å². The van der Waals surface area contributed by atoms with Gasteiger partial charge in [-0.25, -0.2) is 9.48 Å². The Labute approximate surface area is 156 Å². The van der Waals surface area contributed by atoms with Crippen LogP contribution in [0.2, 0.25) is 0 Å². The van der Waals surface area contributed by atoms with Gasteiger partial charge in [-0.05, 0) is 55.0 Å². The number of fused-ring (bicyclic) bond motifs is 4. The molecule has 0 aliphatic heterocycles. The van der Waals surface area contributed by atoms with Gasteiger partial charge in [0.2, 0.25) is 0 Å². The van der Waals surface area contributed by atoms with Crippen LogP contribution >= 0.6 is 0 Å². The van der Waals surface area contributed by atoms with E-state index >= 15 is 0 Å². The molecule has 4 aromatic rings. The van der Waals surface area contributed by atoms with Crippen LogP contribution in [0.3, 0.4) is 0 Å². The Morgan fingerprint density at radius 3 is 2.74 bits per heavy atom. The van der Waals surface area contributed by atoms with E-state index in [1.54, 1.807) is 0 Å². The molecule has 0 amide bonds. The lowest BCUT2D eigenvalue weighted by Crippen LogP contribution is -2.08. The second-order valence-electron chi connectivity index (χ2n) is 7.04. The van der Waals surface area contributed by atoms with Crippen molar-refractivity contribution in [2.75, 3.05) is 0 Å². The number of benzene rings is 2. The summed E-state index contributed by atoms with van der Waals surface area (Å²) in [7, 11) is 0. The molecule has 0 radical (unpaired) electrons. The maximum absolute atomic E-state index is 11.7. The van der Waals surface area contributed by atoms with Crippen LogP contribution in [0.15, 0.2) is 63.8 Å². The SMILES string of the molecule is O=c1ccc2cc3c(cc2o1)-c1c(nnn1Cc1ccccc1)CCCC3. The van der Waals surface area contributed by atoms with Gasteiger partial charge in [0.25, 0.3) is 0 Å². The molecule has 1 aliphatic carbocycles. The summed E-state index contributed by atoms with van der Waals surface area (Å²) in [5, 5.41) is 9.87. The summed E-state index contributed by atoms with van der Waals surface area (Å²) in [6, 6.07) is 17.7. The monoisotopic (exact) mass is 357 g/mol. The van der Waals surface area contributed by atoms with Crippen LogP contribution in [0.4, 0.5) is 0 Å². The van der Waals surface area contributed by atoms with Crippen LogP contribution in [0.5, 0.6) is 0 Å². The number of rotatable bonds is 2. The smallest absolute Gasteiger partial charge is 0.336 e. The van der Waals surface area contributed by atoms with Crippen LogP contribution in [-0.4, -0.2) is 15.0 Å². The zero-order chi connectivity index (χ0) is 18.2. The summed E-state index contributed by atoms with van der Waals surface area (Å²) in [5.74, 6) is 0. The molecule has 0 N–H and O–H groups in total. The molecule has 0 atom stereocenters. The average Bonchev–Trinajstić information content (AvgIpc) is 3.05.